The van der Waals surface area contributed by atoms with E-state index in [1.807, 2.05) is 30.3 Å². The van der Waals surface area contributed by atoms with Gasteiger partial charge < -0.3 is 4.74 Å². The van der Waals surface area contributed by atoms with Gasteiger partial charge in [0.15, 0.2) is 6.73 Å². The minimum Gasteiger partial charge on any atom is -0.353 e. The second kappa shape index (κ2) is 6.75. The fraction of sp³-hybridized carbons (Fsp3) is 0.133. The lowest BCUT2D eigenvalue weighted by molar-refractivity contribution is -0.384. The van der Waals surface area contributed by atoms with Crippen molar-refractivity contribution in [1.82, 2.24) is 20.2 Å². The van der Waals surface area contributed by atoms with Gasteiger partial charge in [0.2, 0.25) is 5.82 Å². The van der Waals surface area contributed by atoms with E-state index in [0.717, 1.165) is 5.56 Å². The molecule has 0 aliphatic rings. The third-order valence-corrected chi connectivity index (χ3v) is 3.11. The maximum absolute atomic E-state index is 10.6. The summed E-state index contributed by atoms with van der Waals surface area (Å²) in [7, 11) is 0. The van der Waals surface area contributed by atoms with E-state index in [0.29, 0.717) is 18.0 Å². The molecular weight excluding hydrogens is 298 g/mol. The molecule has 0 amide bonds. The zero-order valence-electron chi connectivity index (χ0n) is 12.1. The van der Waals surface area contributed by atoms with Crippen molar-refractivity contribution in [3.63, 3.8) is 0 Å². The first-order valence-electron chi connectivity index (χ1n) is 6.87. The van der Waals surface area contributed by atoms with Crippen LogP contribution < -0.4 is 0 Å². The van der Waals surface area contributed by atoms with Crippen LogP contribution in [0.4, 0.5) is 5.69 Å². The minimum atomic E-state index is -0.453. The largest absolute Gasteiger partial charge is 0.353 e. The third-order valence-electron chi connectivity index (χ3n) is 3.11. The van der Waals surface area contributed by atoms with Crippen LogP contribution in [-0.2, 0) is 18.1 Å². The molecule has 116 valence electrons. The summed E-state index contributed by atoms with van der Waals surface area (Å²) in [6.45, 7) is 0.629. The maximum Gasteiger partial charge on any atom is 0.269 e. The highest BCUT2D eigenvalue weighted by atomic mass is 16.6. The summed E-state index contributed by atoms with van der Waals surface area (Å²) in [5, 5.41) is 22.6. The quantitative estimate of drug-likeness (QED) is 0.512. The van der Waals surface area contributed by atoms with Gasteiger partial charge in [0.05, 0.1) is 11.5 Å². The highest BCUT2D eigenvalue weighted by Crippen LogP contribution is 2.18. The Morgan fingerprint density at radius 3 is 2.52 bits per heavy atom. The van der Waals surface area contributed by atoms with Gasteiger partial charge in [-0.05, 0) is 22.9 Å². The molecule has 3 rings (SSSR count). The fourth-order valence-corrected chi connectivity index (χ4v) is 1.97. The summed E-state index contributed by atoms with van der Waals surface area (Å²) in [5.74, 6) is 0.392. The molecule has 0 saturated heterocycles. The summed E-state index contributed by atoms with van der Waals surface area (Å²) in [6.07, 6.45) is 0. The van der Waals surface area contributed by atoms with Crippen LogP contribution in [0.1, 0.15) is 5.56 Å². The first-order chi connectivity index (χ1) is 11.2. The molecule has 0 spiro atoms. The topological polar surface area (TPSA) is 96.0 Å². The lowest BCUT2D eigenvalue weighted by Crippen LogP contribution is -2.06. The monoisotopic (exact) mass is 311 g/mol. The van der Waals surface area contributed by atoms with Crippen LogP contribution >= 0.6 is 0 Å². The molecular formula is C15H13N5O3. The normalized spacial score (nSPS) is 10.6. The highest BCUT2D eigenvalue weighted by molar-refractivity contribution is 5.56. The number of nitrogens with zero attached hydrogens (tertiary/aromatic N) is 5. The standard InChI is InChI=1S/C15H13N5O3/c21-20(22)14-8-6-13(7-9-14)15-16-18-19(17-15)11-23-10-12-4-2-1-3-5-12/h1-9H,10-11H2. The van der Waals surface area contributed by atoms with Crippen molar-refractivity contribution < 1.29 is 9.66 Å². The van der Waals surface area contributed by atoms with Gasteiger partial charge in [0.1, 0.15) is 0 Å². The number of hydrogen-bond acceptors (Lipinski definition) is 6. The number of benzene rings is 2. The van der Waals surface area contributed by atoms with E-state index < -0.39 is 4.92 Å². The summed E-state index contributed by atoms with van der Waals surface area (Å²) < 4.78 is 5.51. The number of nitro groups is 1. The first-order valence-corrected chi connectivity index (χ1v) is 6.87. The molecule has 0 bridgehead atoms. The van der Waals surface area contributed by atoms with E-state index in [2.05, 4.69) is 15.4 Å². The molecule has 1 heterocycles. The van der Waals surface area contributed by atoms with Crippen molar-refractivity contribution in [2.75, 3.05) is 0 Å². The van der Waals surface area contributed by atoms with Crippen LogP contribution in [0.5, 0.6) is 0 Å². The Morgan fingerprint density at radius 1 is 1.09 bits per heavy atom. The zero-order chi connectivity index (χ0) is 16.1. The van der Waals surface area contributed by atoms with Crippen molar-refractivity contribution in [1.29, 1.82) is 0 Å². The van der Waals surface area contributed by atoms with E-state index in [1.54, 1.807) is 12.1 Å². The molecule has 1 aromatic heterocycles. The predicted octanol–water partition coefficient (Wildman–Crippen LogP) is 2.42. The van der Waals surface area contributed by atoms with Crippen LogP contribution in [0, 0.1) is 10.1 Å². The van der Waals surface area contributed by atoms with Crippen molar-refractivity contribution in [3.05, 3.63) is 70.3 Å². The molecule has 0 radical (unpaired) electrons. The molecule has 0 N–H and O–H groups in total. The van der Waals surface area contributed by atoms with Gasteiger partial charge >= 0.3 is 0 Å². The number of hydrogen-bond donors (Lipinski definition) is 0. The van der Waals surface area contributed by atoms with E-state index in [1.165, 1.54) is 16.9 Å². The van der Waals surface area contributed by atoms with Crippen molar-refractivity contribution in [2.45, 2.75) is 13.3 Å². The summed E-state index contributed by atoms with van der Waals surface area (Å²) >= 11 is 0. The number of aromatic nitrogens is 4. The van der Waals surface area contributed by atoms with Crippen LogP contribution in [-0.4, -0.2) is 25.1 Å². The zero-order valence-corrected chi connectivity index (χ0v) is 12.1. The Balaban J connectivity index is 1.60. The molecule has 0 aliphatic carbocycles. The molecule has 3 aromatic rings. The Kier molecular flexibility index (Phi) is 4.34. The van der Waals surface area contributed by atoms with Crippen LogP contribution in [0.25, 0.3) is 11.4 Å². The van der Waals surface area contributed by atoms with Gasteiger partial charge in [-0.2, -0.15) is 0 Å². The van der Waals surface area contributed by atoms with Gasteiger partial charge in [0, 0.05) is 17.7 Å². The SMILES string of the molecule is O=[N+]([O-])c1ccc(-c2nnn(COCc3ccccc3)n2)cc1. The number of rotatable bonds is 6. The average Bonchev–Trinajstić information content (AvgIpc) is 3.05. The van der Waals surface area contributed by atoms with Crippen LogP contribution in [0.15, 0.2) is 54.6 Å². The van der Waals surface area contributed by atoms with E-state index in [-0.39, 0.29) is 12.4 Å². The second-order valence-corrected chi connectivity index (χ2v) is 4.75. The van der Waals surface area contributed by atoms with Gasteiger partial charge in [0.25, 0.3) is 5.69 Å². The van der Waals surface area contributed by atoms with E-state index in [9.17, 15) is 10.1 Å². The third kappa shape index (κ3) is 3.74. The van der Waals surface area contributed by atoms with Crippen molar-refractivity contribution in [2.24, 2.45) is 0 Å². The molecule has 8 heteroatoms. The molecule has 0 unspecified atom stereocenters. The first kappa shape index (κ1) is 14.8. The second-order valence-electron chi connectivity index (χ2n) is 4.75. The van der Waals surface area contributed by atoms with Gasteiger partial charge in [-0.25, -0.2) is 0 Å². The molecule has 0 fully saturated rings. The van der Waals surface area contributed by atoms with Crippen LogP contribution in [0.3, 0.4) is 0 Å². The Labute approximate surface area is 131 Å². The Morgan fingerprint density at radius 2 is 1.83 bits per heavy atom. The molecule has 0 saturated carbocycles. The molecule has 2 aromatic carbocycles. The average molecular weight is 311 g/mol. The maximum atomic E-state index is 10.6. The number of non-ortho nitro benzene ring substituents is 1. The lowest BCUT2D eigenvalue weighted by atomic mass is 10.2. The number of tetrazole rings is 1. The van der Waals surface area contributed by atoms with Crippen molar-refractivity contribution in [3.8, 4) is 11.4 Å². The molecule has 0 aliphatic heterocycles. The smallest absolute Gasteiger partial charge is 0.269 e. The van der Waals surface area contributed by atoms with Gasteiger partial charge in [-0.1, -0.05) is 30.3 Å². The molecule has 0 atom stereocenters. The van der Waals surface area contributed by atoms with Gasteiger partial charge in [-0.15, -0.1) is 15.0 Å². The van der Waals surface area contributed by atoms with E-state index in [4.69, 9.17) is 4.74 Å². The van der Waals surface area contributed by atoms with E-state index >= 15 is 0 Å². The summed E-state index contributed by atoms with van der Waals surface area (Å²) in [4.78, 5) is 11.5. The van der Waals surface area contributed by atoms with Gasteiger partial charge in [-0.3, -0.25) is 10.1 Å². The highest BCUT2D eigenvalue weighted by Gasteiger charge is 2.09. The Bertz CT molecular complexity index is 786. The lowest BCUT2D eigenvalue weighted by Gasteiger charge is -2.02. The molecule has 23 heavy (non-hydrogen) atoms. The Hall–Kier alpha value is -3.13. The number of ether oxygens (including phenoxy) is 1. The van der Waals surface area contributed by atoms with Crippen LogP contribution in [0.2, 0.25) is 0 Å². The molecule has 8 nitrogen and oxygen atoms in total. The van der Waals surface area contributed by atoms with Crippen molar-refractivity contribution >= 4 is 5.69 Å². The predicted molar refractivity (Wildman–Crippen MR) is 81.1 cm³/mol. The summed E-state index contributed by atoms with van der Waals surface area (Å²) in [5.41, 5.74) is 1.74. The fourth-order valence-electron chi connectivity index (χ4n) is 1.97. The summed E-state index contributed by atoms with van der Waals surface area (Å²) in [6, 6.07) is 15.8. The minimum absolute atomic E-state index is 0.0207. The number of nitro benzene ring substituents is 1.